The van der Waals surface area contributed by atoms with Crippen LogP contribution in [-0.2, 0) is 4.43 Å². The van der Waals surface area contributed by atoms with Crippen LogP contribution >= 0.6 is 0 Å². The number of benzene rings is 2. The van der Waals surface area contributed by atoms with Gasteiger partial charge in [0.1, 0.15) is 0 Å². The molecule has 0 saturated heterocycles. The van der Waals surface area contributed by atoms with Crippen LogP contribution in [-0.4, -0.2) is 20.8 Å². The molecule has 0 unspecified atom stereocenters. The standard InChI is InChI=1S/C20H26F2OSi/c1-5-20(21,22)16-23-24(19(2,3)4,17-12-8-6-9-13-17)18-14-10-7-11-15-18/h6-15H,5,16H2,1-4H3. The average Bonchev–Trinajstić information content (AvgIpc) is 2.56. The Balaban J connectivity index is 2.62. The lowest BCUT2D eigenvalue weighted by atomic mass is 10.2. The summed E-state index contributed by atoms with van der Waals surface area (Å²) in [4.78, 5) is 0. The molecule has 2 rings (SSSR count). The molecule has 0 aromatic heterocycles. The van der Waals surface area contributed by atoms with Crippen molar-refractivity contribution in [2.75, 3.05) is 6.61 Å². The Bertz CT molecular complexity index is 596. The Morgan fingerprint density at radius 2 is 1.25 bits per heavy atom. The molecule has 0 radical (unpaired) electrons. The van der Waals surface area contributed by atoms with E-state index < -0.39 is 20.8 Å². The lowest BCUT2D eigenvalue weighted by Crippen LogP contribution is -2.67. The van der Waals surface area contributed by atoms with Gasteiger partial charge in [0.2, 0.25) is 0 Å². The van der Waals surface area contributed by atoms with Crippen LogP contribution in [0.5, 0.6) is 0 Å². The minimum Gasteiger partial charge on any atom is -0.401 e. The molecule has 0 fully saturated rings. The van der Waals surface area contributed by atoms with Gasteiger partial charge in [-0.05, 0) is 15.4 Å². The lowest BCUT2D eigenvalue weighted by molar-refractivity contribution is -0.0465. The summed E-state index contributed by atoms with van der Waals surface area (Å²) in [5, 5.41) is 1.77. The van der Waals surface area contributed by atoms with Crippen molar-refractivity contribution in [3.63, 3.8) is 0 Å². The van der Waals surface area contributed by atoms with Crippen LogP contribution in [0.25, 0.3) is 0 Å². The summed E-state index contributed by atoms with van der Waals surface area (Å²) in [6.07, 6.45) is -0.217. The van der Waals surface area contributed by atoms with E-state index in [1.807, 2.05) is 60.7 Å². The Morgan fingerprint density at radius 1 is 0.833 bits per heavy atom. The molecule has 0 saturated carbocycles. The minimum absolute atomic E-state index is 0.217. The Kier molecular flexibility index (Phi) is 5.61. The molecule has 2 aromatic rings. The average molecular weight is 349 g/mol. The topological polar surface area (TPSA) is 9.23 Å². The molecule has 0 aliphatic carbocycles. The number of hydrogen-bond acceptors (Lipinski definition) is 1. The normalized spacial score (nSPS) is 13.1. The molecule has 0 amide bonds. The maximum atomic E-state index is 14.0. The van der Waals surface area contributed by atoms with Crippen molar-refractivity contribution in [2.24, 2.45) is 0 Å². The fourth-order valence-electron chi connectivity index (χ4n) is 3.08. The van der Waals surface area contributed by atoms with Crippen LogP contribution in [0.15, 0.2) is 60.7 Å². The molecule has 24 heavy (non-hydrogen) atoms. The van der Waals surface area contributed by atoms with Gasteiger partial charge in [0.05, 0.1) is 6.61 Å². The molecule has 0 aliphatic rings. The van der Waals surface area contributed by atoms with Gasteiger partial charge in [0, 0.05) is 6.42 Å². The maximum Gasteiger partial charge on any atom is 0.269 e. The van der Waals surface area contributed by atoms with Crippen molar-refractivity contribution in [2.45, 2.75) is 45.1 Å². The first-order valence-corrected chi connectivity index (χ1v) is 10.3. The first-order chi connectivity index (χ1) is 11.2. The number of hydrogen-bond donors (Lipinski definition) is 0. The molecule has 0 spiro atoms. The second-order valence-corrected chi connectivity index (χ2v) is 11.5. The number of rotatable bonds is 6. The summed E-state index contributed by atoms with van der Waals surface area (Å²) in [5.74, 6) is -2.81. The van der Waals surface area contributed by atoms with Gasteiger partial charge in [-0.15, -0.1) is 0 Å². The lowest BCUT2D eigenvalue weighted by Gasteiger charge is -2.43. The summed E-state index contributed by atoms with van der Waals surface area (Å²) < 4.78 is 34.2. The highest BCUT2D eigenvalue weighted by Crippen LogP contribution is 2.37. The van der Waals surface area contributed by atoms with E-state index >= 15 is 0 Å². The van der Waals surface area contributed by atoms with Crippen LogP contribution in [0.3, 0.4) is 0 Å². The highest BCUT2D eigenvalue weighted by molar-refractivity contribution is 6.99. The molecule has 2 aromatic carbocycles. The van der Waals surface area contributed by atoms with E-state index in [9.17, 15) is 8.78 Å². The third-order valence-corrected chi connectivity index (χ3v) is 9.42. The third kappa shape index (κ3) is 3.76. The van der Waals surface area contributed by atoms with Gasteiger partial charge in [-0.1, -0.05) is 88.4 Å². The highest BCUT2D eigenvalue weighted by atomic mass is 28.4. The fraction of sp³-hybridized carbons (Fsp3) is 0.400. The molecule has 1 nitrogen and oxygen atoms in total. The Hall–Kier alpha value is -1.52. The predicted molar refractivity (Wildman–Crippen MR) is 98.8 cm³/mol. The predicted octanol–water partition coefficient (Wildman–Crippen LogP) is 4.61. The van der Waals surface area contributed by atoms with Crippen LogP contribution in [0.2, 0.25) is 5.04 Å². The molecule has 0 heterocycles. The van der Waals surface area contributed by atoms with E-state index in [0.29, 0.717) is 0 Å². The minimum atomic E-state index is -2.86. The SMILES string of the molecule is CCC(F)(F)CO[Si](c1ccccc1)(c1ccccc1)C(C)(C)C. The number of alkyl halides is 2. The summed E-state index contributed by atoms with van der Waals surface area (Å²) in [6, 6.07) is 19.7. The van der Waals surface area contributed by atoms with Crippen molar-refractivity contribution in [1.82, 2.24) is 0 Å². The van der Waals surface area contributed by atoms with Gasteiger partial charge in [0.15, 0.2) is 0 Å². The third-order valence-electron chi connectivity index (χ3n) is 4.43. The van der Waals surface area contributed by atoms with Gasteiger partial charge >= 0.3 is 0 Å². The van der Waals surface area contributed by atoms with Crippen LogP contribution in [0.1, 0.15) is 34.1 Å². The summed E-state index contributed by atoms with van der Waals surface area (Å²) in [5.41, 5.74) is 0. The summed E-state index contributed by atoms with van der Waals surface area (Å²) in [6.45, 7) is 7.21. The van der Waals surface area contributed by atoms with Crippen LogP contribution < -0.4 is 10.4 Å². The zero-order valence-corrected chi connectivity index (χ0v) is 15.9. The van der Waals surface area contributed by atoms with Gasteiger partial charge in [0.25, 0.3) is 14.2 Å². The van der Waals surface area contributed by atoms with Gasteiger partial charge < -0.3 is 4.43 Å². The molecular weight excluding hydrogens is 322 g/mol. The van der Waals surface area contributed by atoms with E-state index in [0.717, 1.165) is 10.4 Å². The van der Waals surface area contributed by atoms with E-state index in [1.165, 1.54) is 6.92 Å². The van der Waals surface area contributed by atoms with E-state index in [1.54, 1.807) is 0 Å². The summed E-state index contributed by atoms with van der Waals surface area (Å²) >= 11 is 0. The summed E-state index contributed by atoms with van der Waals surface area (Å²) in [7, 11) is -2.86. The van der Waals surface area contributed by atoms with Gasteiger partial charge in [-0.25, -0.2) is 8.78 Å². The van der Waals surface area contributed by atoms with Crippen LogP contribution in [0, 0.1) is 0 Å². The largest absolute Gasteiger partial charge is 0.401 e. The molecule has 0 atom stereocenters. The maximum absolute atomic E-state index is 14.0. The Morgan fingerprint density at radius 3 is 1.58 bits per heavy atom. The highest BCUT2D eigenvalue weighted by Gasteiger charge is 2.51. The second kappa shape index (κ2) is 7.15. The number of halogens is 2. The molecule has 0 bridgehead atoms. The van der Waals surface area contributed by atoms with Gasteiger partial charge in [-0.3, -0.25) is 0 Å². The van der Waals surface area contributed by atoms with E-state index in [4.69, 9.17) is 4.43 Å². The molecular formula is C20H26F2OSi. The molecule has 0 N–H and O–H groups in total. The zero-order chi connectivity index (χ0) is 17.8. The molecule has 0 aliphatic heterocycles. The first-order valence-electron chi connectivity index (χ1n) is 8.36. The monoisotopic (exact) mass is 348 g/mol. The smallest absolute Gasteiger partial charge is 0.269 e. The van der Waals surface area contributed by atoms with Crippen molar-refractivity contribution in [3.05, 3.63) is 60.7 Å². The van der Waals surface area contributed by atoms with E-state index in [-0.39, 0.29) is 11.5 Å². The van der Waals surface area contributed by atoms with Crippen molar-refractivity contribution in [1.29, 1.82) is 0 Å². The quantitative estimate of drug-likeness (QED) is 0.693. The van der Waals surface area contributed by atoms with Gasteiger partial charge in [-0.2, -0.15) is 0 Å². The van der Waals surface area contributed by atoms with Crippen LogP contribution in [0.4, 0.5) is 8.78 Å². The first kappa shape index (κ1) is 18.8. The van der Waals surface area contributed by atoms with Crippen molar-refractivity contribution < 1.29 is 13.2 Å². The van der Waals surface area contributed by atoms with Crippen molar-refractivity contribution in [3.8, 4) is 0 Å². The molecule has 4 heteroatoms. The fourth-order valence-corrected chi connectivity index (χ4v) is 7.66. The van der Waals surface area contributed by atoms with E-state index in [2.05, 4.69) is 20.8 Å². The second-order valence-electron chi connectivity index (χ2n) is 7.16. The zero-order valence-electron chi connectivity index (χ0n) is 14.9. The van der Waals surface area contributed by atoms with Crippen molar-refractivity contribution >= 4 is 18.7 Å². The Labute approximate surface area is 144 Å². The molecule has 130 valence electrons.